The molecule has 3 aromatic carbocycles. The molecule has 0 heterocycles. The Bertz CT molecular complexity index is 569. The van der Waals surface area contributed by atoms with Gasteiger partial charge in [0.05, 0.1) is 6.66 Å². The Labute approximate surface area is 144 Å². The molecule has 2 heteroatoms. The highest BCUT2D eigenvalue weighted by molar-refractivity contribution is 7.95. The highest BCUT2D eigenvalue weighted by Crippen LogP contribution is 2.51. The lowest BCUT2D eigenvalue weighted by Gasteiger charge is -2.22. The third-order valence-electron chi connectivity index (χ3n) is 3.82. The highest BCUT2D eigenvalue weighted by Gasteiger charge is 2.39. The Balaban J connectivity index is 0.00000161. The van der Waals surface area contributed by atoms with Crippen LogP contribution in [0.1, 0.15) is 0 Å². The second kappa shape index (κ2) is 7.20. The lowest BCUT2D eigenvalue weighted by Crippen LogP contribution is -3.00. The van der Waals surface area contributed by atoms with E-state index in [0.29, 0.717) is 0 Å². The van der Waals surface area contributed by atoms with E-state index in [-0.39, 0.29) is 24.0 Å². The molecule has 0 aliphatic rings. The summed E-state index contributed by atoms with van der Waals surface area (Å²) in [5.41, 5.74) is 0. The van der Waals surface area contributed by atoms with Gasteiger partial charge in [-0.25, -0.2) is 0 Å². The molecule has 0 aliphatic carbocycles. The molecule has 0 atom stereocenters. The first-order valence-electron chi connectivity index (χ1n) is 6.85. The van der Waals surface area contributed by atoms with Gasteiger partial charge in [0.2, 0.25) is 0 Å². The topological polar surface area (TPSA) is 0 Å². The van der Waals surface area contributed by atoms with Gasteiger partial charge in [-0.1, -0.05) is 54.6 Å². The van der Waals surface area contributed by atoms with Crippen LogP contribution in [-0.4, -0.2) is 6.66 Å². The van der Waals surface area contributed by atoms with E-state index in [4.69, 9.17) is 0 Å². The minimum Gasteiger partial charge on any atom is -1.00 e. The van der Waals surface area contributed by atoms with E-state index in [1.54, 1.807) is 0 Å². The second-order valence-electron chi connectivity index (χ2n) is 5.01. The SMILES string of the molecule is [13CH3][P+](c1ccccc1)(c1ccccc1)c1ccccc1.[I-]. The Morgan fingerprint density at radius 3 is 0.952 bits per heavy atom. The zero-order valence-electron chi connectivity index (χ0n) is 12.0. The van der Waals surface area contributed by atoms with Gasteiger partial charge in [-0.3, -0.25) is 0 Å². The minimum absolute atomic E-state index is 0. The number of rotatable bonds is 3. The molecule has 0 saturated carbocycles. The zero-order chi connectivity index (χ0) is 13.8. The van der Waals surface area contributed by atoms with Crippen molar-refractivity contribution >= 4 is 23.2 Å². The van der Waals surface area contributed by atoms with Crippen LogP contribution < -0.4 is 39.9 Å². The molecule has 0 spiro atoms. The smallest absolute Gasteiger partial charge is 0.109 e. The van der Waals surface area contributed by atoms with Crippen LogP contribution in [0.4, 0.5) is 0 Å². The summed E-state index contributed by atoms with van der Waals surface area (Å²) in [6.45, 7) is 2.41. The number of benzene rings is 3. The third kappa shape index (κ3) is 3.20. The standard InChI is InChI=1S/C19H18P.HI/c1-20(17-11-5-2-6-12-17,18-13-7-3-8-14-18)19-15-9-4-10-16-19;/h2-16H,1H3;1H/q+1;/p-1/i1+1;. The van der Waals surface area contributed by atoms with E-state index >= 15 is 0 Å². The summed E-state index contributed by atoms with van der Waals surface area (Å²) < 4.78 is 0. The molecule has 106 valence electrons. The predicted octanol–water partition coefficient (Wildman–Crippen LogP) is 0.614. The average molecular weight is 405 g/mol. The summed E-state index contributed by atoms with van der Waals surface area (Å²) in [5.74, 6) is 0. The van der Waals surface area contributed by atoms with Crippen molar-refractivity contribution in [3.63, 3.8) is 0 Å². The molecule has 3 aromatic rings. The van der Waals surface area contributed by atoms with Crippen molar-refractivity contribution in [3.8, 4) is 0 Å². The quantitative estimate of drug-likeness (QED) is 0.341. The van der Waals surface area contributed by atoms with Crippen LogP contribution in [0.2, 0.25) is 0 Å². The summed E-state index contributed by atoms with van der Waals surface area (Å²) in [7, 11) is -1.53. The van der Waals surface area contributed by atoms with Gasteiger partial charge in [-0.15, -0.1) is 0 Å². The van der Waals surface area contributed by atoms with Crippen molar-refractivity contribution in [2.45, 2.75) is 0 Å². The fraction of sp³-hybridized carbons (Fsp3) is 0.0526. The van der Waals surface area contributed by atoms with Gasteiger partial charge in [0.25, 0.3) is 0 Å². The number of halogens is 1. The molecule has 21 heavy (non-hydrogen) atoms. The van der Waals surface area contributed by atoms with E-state index in [0.717, 1.165) is 0 Å². The van der Waals surface area contributed by atoms with Crippen molar-refractivity contribution in [2.75, 3.05) is 6.66 Å². The molecule has 0 bridgehead atoms. The van der Waals surface area contributed by atoms with Gasteiger partial charge < -0.3 is 24.0 Å². The summed E-state index contributed by atoms with van der Waals surface area (Å²) in [5, 5.41) is 4.28. The van der Waals surface area contributed by atoms with Gasteiger partial charge in [0.15, 0.2) is 0 Å². The van der Waals surface area contributed by atoms with Crippen molar-refractivity contribution < 1.29 is 24.0 Å². The number of hydrogen-bond donors (Lipinski definition) is 0. The summed E-state index contributed by atoms with van der Waals surface area (Å²) in [6, 6.07) is 32.6. The number of hydrogen-bond acceptors (Lipinski definition) is 0. The van der Waals surface area contributed by atoms with Crippen molar-refractivity contribution in [3.05, 3.63) is 91.0 Å². The van der Waals surface area contributed by atoms with Crippen LogP contribution in [0.5, 0.6) is 0 Å². The molecule has 3 rings (SSSR count). The normalized spacial score (nSPS) is 10.7. The molecule has 0 nitrogen and oxygen atoms in total. The molecule has 0 fully saturated rings. The first kappa shape index (κ1) is 16.2. The van der Waals surface area contributed by atoms with Crippen molar-refractivity contribution in [1.82, 2.24) is 0 Å². The van der Waals surface area contributed by atoms with Crippen LogP contribution in [0, 0.1) is 0 Å². The fourth-order valence-corrected chi connectivity index (χ4v) is 5.83. The maximum absolute atomic E-state index is 2.41. The maximum Gasteiger partial charge on any atom is 0.109 e. The van der Waals surface area contributed by atoms with E-state index in [1.165, 1.54) is 15.9 Å². The molecular weight excluding hydrogens is 387 g/mol. The van der Waals surface area contributed by atoms with Crippen LogP contribution in [0.15, 0.2) is 91.0 Å². The highest BCUT2D eigenvalue weighted by atomic mass is 127. The monoisotopic (exact) mass is 405 g/mol. The molecule has 0 saturated heterocycles. The van der Waals surface area contributed by atoms with E-state index in [2.05, 4.69) is 97.7 Å². The average Bonchev–Trinajstić information content (AvgIpc) is 2.56. The van der Waals surface area contributed by atoms with Gasteiger partial charge >= 0.3 is 0 Å². The van der Waals surface area contributed by atoms with E-state index in [9.17, 15) is 0 Å². The summed E-state index contributed by atoms with van der Waals surface area (Å²) >= 11 is 0. The molecule has 0 amide bonds. The zero-order valence-corrected chi connectivity index (χ0v) is 15.0. The van der Waals surface area contributed by atoms with E-state index < -0.39 is 7.26 Å². The lowest BCUT2D eigenvalue weighted by atomic mass is 10.4. The molecular formula is C19H18IP. The van der Waals surface area contributed by atoms with Crippen LogP contribution in [0.25, 0.3) is 0 Å². The lowest BCUT2D eigenvalue weighted by molar-refractivity contribution is -0.00000390. The maximum atomic E-state index is 2.41. The summed E-state index contributed by atoms with van der Waals surface area (Å²) in [6.07, 6.45) is 0. The van der Waals surface area contributed by atoms with Crippen LogP contribution in [-0.2, 0) is 0 Å². The first-order chi connectivity index (χ1) is 9.82. The van der Waals surface area contributed by atoms with Gasteiger partial charge in [-0.05, 0) is 36.4 Å². The summed E-state index contributed by atoms with van der Waals surface area (Å²) in [4.78, 5) is 0. The Morgan fingerprint density at radius 2 is 0.714 bits per heavy atom. The Hall–Kier alpha value is -1.18. The predicted molar refractivity (Wildman–Crippen MR) is 91.1 cm³/mol. The fourth-order valence-electron chi connectivity index (χ4n) is 2.63. The second-order valence-corrected chi connectivity index (χ2v) is 8.57. The molecule has 0 aromatic heterocycles. The minimum atomic E-state index is -1.53. The van der Waals surface area contributed by atoms with Crippen molar-refractivity contribution in [1.29, 1.82) is 0 Å². The van der Waals surface area contributed by atoms with Crippen LogP contribution >= 0.6 is 7.26 Å². The van der Waals surface area contributed by atoms with Crippen LogP contribution in [0.3, 0.4) is 0 Å². The molecule has 0 unspecified atom stereocenters. The Kier molecular flexibility index (Phi) is 5.55. The van der Waals surface area contributed by atoms with E-state index in [1.807, 2.05) is 0 Å². The largest absolute Gasteiger partial charge is 1.00 e. The molecule has 0 radical (unpaired) electrons. The van der Waals surface area contributed by atoms with Crippen molar-refractivity contribution in [2.24, 2.45) is 0 Å². The Morgan fingerprint density at radius 1 is 0.476 bits per heavy atom. The first-order valence-corrected chi connectivity index (χ1v) is 9.09. The third-order valence-corrected chi connectivity index (χ3v) is 7.81. The van der Waals surface area contributed by atoms with Gasteiger partial charge in [0, 0.05) is 0 Å². The molecule has 0 aliphatic heterocycles. The van der Waals surface area contributed by atoms with Gasteiger partial charge in [-0.2, -0.15) is 0 Å². The molecule has 0 N–H and O–H groups in total. The van der Waals surface area contributed by atoms with Gasteiger partial charge in [0.1, 0.15) is 23.2 Å².